The van der Waals surface area contributed by atoms with Crippen molar-refractivity contribution in [2.24, 2.45) is 28.5 Å². The van der Waals surface area contributed by atoms with E-state index in [2.05, 4.69) is 23.1 Å². The molecule has 0 aromatic carbocycles. The van der Waals surface area contributed by atoms with E-state index < -0.39 is 11.9 Å². The zero-order valence-corrected chi connectivity index (χ0v) is 19.4. The number of carboxylic acid groups (broad SMARTS) is 1. The lowest BCUT2D eigenvalue weighted by Gasteiger charge is -2.28. The summed E-state index contributed by atoms with van der Waals surface area (Å²) in [4.78, 5) is 20.3. The lowest BCUT2D eigenvalue weighted by molar-refractivity contribution is -0.142. The van der Waals surface area contributed by atoms with Crippen molar-refractivity contribution in [2.45, 2.75) is 45.6 Å². The minimum Gasteiger partial charge on any atom is -0.484 e. The highest BCUT2D eigenvalue weighted by Gasteiger charge is 2.39. The number of nitrogens with zero attached hydrogens (tertiary/aromatic N) is 2. The van der Waals surface area contributed by atoms with Crippen LogP contribution in [0.3, 0.4) is 0 Å². The number of carboxylic acids is 1. The summed E-state index contributed by atoms with van der Waals surface area (Å²) in [5.41, 5.74) is 10.3. The Labute approximate surface area is 196 Å². The molecule has 0 amide bonds. The second-order valence-corrected chi connectivity index (χ2v) is 8.67. The summed E-state index contributed by atoms with van der Waals surface area (Å²) in [5.74, 6) is -0.280. The lowest BCUT2D eigenvalue weighted by Crippen LogP contribution is -2.26. The Kier molecular flexibility index (Phi) is 8.04. The molecule has 33 heavy (non-hydrogen) atoms. The summed E-state index contributed by atoms with van der Waals surface area (Å²) >= 11 is 0. The molecule has 1 fully saturated rings. The Balaban J connectivity index is 1.84. The van der Waals surface area contributed by atoms with E-state index >= 15 is 0 Å². The third-order valence-electron chi connectivity index (χ3n) is 6.37. The molecule has 3 rings (SSSR count). The number of nitrogens with two attached hydrogens (primary N) is 1. The van der Waals surface area contributed by atoms with Crippen LogP contribution in [0.4, 0.5) is 0 Å². The number of carbonyl (C=O) groups is 1. The Hall–Kier alpha value is -3.41. The van der Waals surface area contributed by atoms with Crippen LogP contribution in [0, 0.1) is 17.8 Å². The number of aliphatic imine (C=N–C) groups is 1. The number of ether oxygens (including phenoxy) is 1. The van der Waals surface area contributed by atoms with E-state index in [0.29, 0.717) is 17.4 Å². The van der Waals surface area contributed by atoms with Gasteiger partial charge in [0.25, 0.3) is 0 Å². The fourth-order valence-electron chi connectivity index (χ4n) is 4.22. The number of aromatic nitrogens is 1. The molecule has 3 unspecified atom stereocenters. The molecule has 2 aliphatic rings. The molecule has 0 saturated heterocycles. The van der Waals surface area contributed by atoms with Gasteiger partial charge in [0.2, 0.25) is 0 Å². The molecule has 0 spiro atoms. The Morgan fingerprint density at radius 3 is 2.58 bits per heavy atom. The SMILES string of the molecule is C=CC1=C(/C=C(\C=C)C(C2CC2)C(C)C(=O)O)OC(C(C)=N/C=C(\N)c2ccncc2)CC1. The van der Waals surface area contributed by atoms with Gasteiger partial charge in [0.1, 0.15) is 11.9 Å². The Morgan fingerprint density at radius 1 is 1.30 bits per heavy atom. The zero-order chi connectivity index (χ0) is 24.0. The van der Waals surface area contributed by atoms with Gasteiger partial charge in [0.05, 0.1) is 23.5 Å². The zero-order valence-electron chi connectivity index (χ0n) is 19.4. The molecule has 3 atom stereocenters. The van der Waals surface area contributed by atoms with Crippen LogP contribution in [-0.4, -0.2) is 27.9 Å². The molecule has 0 bridgehead atoms. The number of aliphatic carboxylic acids is 1. The molecular weight excluding hydrogens is 414 g/mol. The van der Waals surface area contributed by atoms with Crippen molar-refractivity contribution in [1.29, 1.82) is 0 Å². The average Bonchev–Trinajstić information content (AvgIpc) is 3.67. The van der Waals surface area contributed by atoms with Crippen LogP contribution in [0.25, 0.3) is 5.70 Å². The molecule has 2 heterocycles. The van der Waals surface area contributed by atoms with Crippen molar-refractivity contribution < 1.29 is 14.6 Å². The van der Waals surface area contributed by atoms with Gasteiger partial charge in [-0.25, -0.2) is 0 Å². The van der Waals surface area contributed by atoms with Gasteiger partial charge in [-0.2, -0.15) is 0 Å². The van der Waals surface area contributed by atoms with Gasteiger partial charge < -0.3 is 15.6 Å². The molecule has 1 aliphatic carbocycles. The van der Waals surface area contributed by atoms with Gasteiger partial charge in [-0.1, -0.05) is 32.2 Å². The van der Waals surface area contributed by atoms with Gasteiger partial charge in [-0.3, -0.25) is 14.8 Å². The number of allylic oxidation sites excluding steroid dienone is 5. The van der Waals surface area contributed by atoms with E-state index in [1.54, 1.807) is 31.6 Å². The van der Waals surface area contributed by atoms with Crippen LogP contribution >= 0.6 is 0 Å². The van der Waals surface area contributed by atoms with Crippen LogP contribution < -0.4 is 5.73 Å². The third kappa shape index (κ3) is 6.09. The van der Waals surface area contributed by atoms with Crippen LogP contribution in [0.5, 0.6) is 0 Å². The molecule has 6 heteroatoms. The van der Waals surface area contributed by atoms with Crippen LogP contribution in [0.1, 0.15) is 45.1 Å². The van der Waals surface area contributed by atoms with E-state index in [9.17, 15) is 9.90 Å². The molecule has 6 nitrogen and oxygen atoms in total. The standard InChI is InChI=1S/C27H33N3O3/c1-5-19-9-10-24(18(4)30-16-23(28)21-11-13-29-14-12-21)33-25(19)15-20(6-2)26(22-7-8-22)17(3)27(31)32/h5-6,11-17,22,24,26H,1-2,7-10,28H2,3-4H3,(H,31,32)/b20-15+,23-16-,30-18?. The summed E-state index contributed by atoms with van der Waals surface area (Å²) in [6.45, 7) is 11.6. The summed E-state index contributed by atoms with van der Waals surface area (Å²) < 4.78 is 6.34. The third-order valence-corrected chi connectivity index (χ3v) is 6.37. The predicted molar refractivity (Wildman–Crippen MR) is 132 cm³/mol. The highest BCUT2D eigenvalue weighted by Crippen LogP contribution is 2.45. The predicted octanol–water partition coefficient (Wildman–Crippen LogP) is 5.28. The summed E-state index contributed by atoms with van der Waals surface area (Å²) in [7, 11) is 0. The minimum atomic E-state index is -0.790. The minimum absolute atomic E-state index is 0.0830. The van der Waals surface area contributed by atoms with Crippen LogP contribution in [0.2, 0.25) is 0 Å². The first-order valence-electron chi connectivity index (χ1n) is 11.3. The molecule has 0 radical (unpaired) electrons. The summed E-state index contributed by atoms with van der Waals surface area (Å²) in [5, 5.41) is 9.62. The average molecular weight is 448 g/mol. The van der Waals surface area contributed by atoms with Gasteiger partial charge in [-0.05, 0) is 73.8 Å². The van der Waals surface area contributed by atoms with Crippen molar-refractivity contribution in [3.05, 3.63) is 84.6 Å². The van der Waals surface area contributed by atoms with E-state index in [-0.39, 0.29) is 12.0 Å². The Bertz CT molecular complexity index is 1020. The molecule has 1 aromatic heterocycles. The second-order valence-electron chi connectivity index (χ2n) is 8.67. The number of hydrogen-bond acceptors (Lipinski definition) is 5. The molecule has 1 aromatic rings. The molecular formula is C27H33N3O3. The smallest absolute Gasteiger partial charge is 0.306 e. The number of pyridine rings is 1. The highest BCUT2D eigenvalue weighted by atomic mass is 16.5. The monoisotopic (exact) mass is 447 g/mol. The maximum absolute atomic E-state index is 11.7. The lowest BCUT2D eigenvalue weighted by atomic mass is 9.82. The summed E-state index contributed by atoms with van der Waals surface area (Å²) in [6.07, 6.45) is 14.0. The quantitative estimate of drug-likeness (QED) is 0.376. The van der Waals surface area contributed by atoms with Gasteiger partial charge >= 0.3 is 5.97 Å². The van der Waals surface area contributed by atoms with E-state index in [1.807, 2.05) is 31.2 Å². The normalized spacial score (nSPS) is 21.8. The maximum Gasteiger partial charge on any atom is 0.306 e. The fourth-order valence-corrected chi connectivity index (χ4v) is 4.22. The van der Waals surface area contributed by atoms with Crippen molar-refractivity contribution in [1.82, 2.24) is 4.98 Å². The van der Waals surface area contributed by atoms with Crippen LogP contribution in [0.15, 0.2) is 84.0 Å². The van der Waals surface area contributed by atoms with Crippen molar-refractivity contribution in [2.75, 3.05) is 0 Å². The second kappa shape index (κ2) is 10.9. The first-order valence-corrected chi connectivity index (χ1v) is 11.3. The number of rotatable bonds is 10. The molecule has 174 valence electrons. The fraction of sp³-hybridized carbons (Fsp3) is 0.370. The first kappa shape index (κ1) is 24.2. The van der Waals surface area contributed by atoms with E-state index in [4.69, 9.17) is 10.5 Å². The molecule has 1 saturated carbocycles. The van der Waals surface area contributed by atoms with Crippen molar-refractivity contribution in [3.63, 3.8) is 0 Å². The van der Waals surface area contributed by atoms with Crippen molar-refractivity contribution in [3.8, 4) is 0 Å². The summed E-state index contributed by atoms with van der Waals surface area (Å²) in [6, 6.07) is 3.67. The largest absolute Gasteiger partial charge is 0.484 e. The molecule has 1 aliphatic heterocycles. The van der Waals surface area contributed by atoms with Crippen molar-refractivity contribution >= 4 is 17.4 Å². The van der Waals surface area contributed by atoms with Gasteiger partial charge in [0, 0.05) is 18.0 Å². The van der Waals surface area contributed by atoms with E-state index in [1.165, 1.54) is 0 Å². The number of hydrogen-bond donors (Lipinski definition) is 2. The van der Waals surface area contributed by atoms with E-state index in [0.717, 1.165) is 48.1 Å². The topological polar surface area (TPSA) is 97.8 Å². The Morgan fingerprint density at radius 2 is 2.00 bits per heavy atom. The highest BCUT2D eigenvalue weighted by molar-refractivity contribution is 5.88. The van der Waals surface area contributed by atoms with Gasteiger partial charge in [-0.15, -0.1) is 0 Å². The molecule has 3 N–H and O–H groups in total. The van der Waals surface area contributed by atoms with Gasteiger partial charge in [0.15, 0.2) is 0 Å². The van der Waals surface area contributed by atoms with Crippen LogP contribution in [-0.2, 0) is 9.53 Å². The maximum atomic E-state index is 11.7. The first-order chi connectivity index (χ1) is 15.8.